The van der Waals surface area contributed by atoms with Crippen molar-refractivity contribution < 1.29 is 23.0 Å². The Morgan fingerprint density at radius 3 is 2.29 bits per heavy atom. The van der Waals surface area contributed by atoms with Gasteiger partial charge in [0.2, 0.25) is 0 Å². The van der Waals surface area contributed by atoms with E-state index in [-0.39, 0.29) is 10.6 Å². The molecule has 2 N–H and O–H groups in total. The van der Waals surface area contributed by atoms with E-state index in [4.69, 9.17) is 9.47 Å². The number of anilines is 1. The molecular weight excluding hydrogens is 294 g/mol. The first kappa shape index (κ1) is 15.0. The molecule has 0 aliphatic rings. The second-order valence-electron chi connectivity index (χ2n) is 4.14. The third kappa shape index (κ3) is 3.19. The van der Waals surface area contributed by atoms with Crippen LogP contribution in [0.4, 0.5) is 5.69 Å². The van der Waals surface area contributed by atoms with E-state index in [9.17, 15) is 13.5 Å². The van der Waals surface area contributed by atoms with E-state index in [0.717, 1.165) is 0 Å². The number of rotatable bonds is 5. The second kappa shape index (κ2) is 5.92. The van der Waals surface area contributed by atoms with Crippen LogP contribution in [-0.2, 0) is 10.0 Å². The zero-order chi connectivity index (χ0) is 15.5. The summed E-state index contributed by atoms with van der Waals surface area (Å²) in [5.74, 6) is 0.573. The Hall–Kier alpha value is -2.41. The lowest BCUT2D eigenvalue weighted by atomic mass is 10.3. The number of phenols is 1. The maximum Gasteiger partial charge on any atom is 0.265 e. The molecule has 0 aliphatic heterocycles. The highest BCUT2D eigenvalue weighted by Gasteiger charge is 2.18. The zero-order valence-corrected chi connectivity index (χ0v) is 12.3. The lowest BCUT2D eigenvalue weighted by Gasteiger charge is -2.12. The number of para-hydroxylation sites is 1. The van der Waals surface area contributed by atoms with Gasteiger partial charge in [0.15, 0.2) is 11.5 Å². The van der Waals surface area contributed by atoms with Crippen molar-refractivity contribution in [3.8, 4) is 17.2 Å². The molecule has 0 aromatic heterocycles. The van der Waals surface area contributed by atoms with Gasteiger partial charge in [-0.1, -0.05) is 12.1 Å². The second-order valence-corrected chi connectivity index (χ2v) is 5.79. The van der Waals surface area contributed by atoms with Gasteiger partial charge in [-0.3, -0.25) is 4.72 Å². The molecule has 0 fully saturated rings. The van der Waals surface area contributed by atoms with Gasteiger partial charge in [0.25, 0.3) is 10.0 Å². The molecule has 0 saturated heterocycles. The summed E-state index contributed by atoms with van der Waals surface area (Å²) < 4.78 is 37.0. The van der Waals surface area contributed by atoms with Crippen molar-refractivity contribution in [1.82, 2.24) is 0 Å². The monoisotopic (exact) mass is 309 g/mol. The van der Waals surface area contributed by atoms with Crippen LogP contribution < -0.4 is 14.2 Å². The molecule has 2 aromatic carbocycles. The maximum absolute atomic E-state index is 12.2. The number of hydrogen-bond acceptors (Lipinski definition) is 5. The first-order valence-electron chi connectivity index (χ1n) is 6.01. The fourth-order valence-corrected chi connectivity index (χ4v) is 2.94. The molecule has 0 radical (unpaired) electrons. The van der Waals surface area contributed by atoms with E-state index in [1.54, 1.807) is 18.2 Å². The summed E-state index contributed by atoms with van der Waals surface area (Å²) >= 11 is 0. The van der Waals surface area contributed by atoms with E-state index >= 15 is 0 Å². The van der Waals surface area contributed by atoms with Crippen LogP contribution in [0.25, 0.3) is 0 Å². The molecule has 0 saturated carbocycles. The molecule has 6 nitrogen and oxygen atoms in total. The van der Waals surface area contributed by atoms with Crippen LogP contribution >= 0.6 is 0 Å². The highest BCUT2D eigenvalue weighted by molar-refractivity contribution is 7.92. The van der Waals surface area contributed by atoms with Crippen molar-refractivity contribution in [1.29, 1.82) is 0 Å². The minimum absolute atomic E-state index is 0.195. The van der Waals surface area contributed by atoms with Crippen LogP contribution in [0.1, 0.15) is 0 Å². The number of ether oxygens (including phenoxy) is 2. The average Bonchev–Trinajstić information content (AvgIpc) is 2.47. The summed E-state index contributed by atoms with van der Waals surface area (Å²) in [7, 11) is -0.938. The Labute approximate surface area is 123 Å². The third-order valence-electron chi connectivity index (χ3n) is 2.79. The van der Waals surface area contributed by atoms with Gasteiger partial charge in [-0.05, 0) is 24.3 Å². The minimum atomic E-state index is -3.88. The molecule has 0 spiro atoms. The first-order valence-corrected chi connectivity index (χ1v) is 7.49. The van der Waals surface area contributed by atoms with E-state index in [1.165, 1.54) is 38.5 Å². The van der Waals surface area contributed by atoms with Crippen LogP contribution in [0.3, 0.4) is 0 Å². The molecule has 0 amide bonds. The van der Waals surface area contributed by atoms with Gasteiger partial charge in [0, 0.05) is 6.07 Å². The lowest BCUT2D eigenvalue weighted by Crippen LogP contribution is -2.13. The standard InChI is InChI=1S/C14H15NO5S/c1-19-12-8-7-10(9-13(12)20-2)15-21(17,18)14-6-4-3-5-11(14)16/h3-9,15-16H,1-2H3. The zero-order valence-electron chi connectivity index (χ0n) is 11.5. The predicted molar refractivity (Wildman–Crippen MR) is 78.5 cm³/mol. The third-order valence-corrected chi connectivity index (χ3v) is 4.22. The molecule has 112 valence electrons. The van der Waals surface area contributed by atoms with Crippen molar-refractivity contribution in [3.63, 3.8) is 0 Å². The maximum atomic E-state index is 12.2. The van der Waals surface area contributed by atoms with Crippen LogP contribution in [0.5, 0.6) is 17.2 Å². The molecule has 0 aliphatic carbocycles. The van der Waals surface area contributed by atoms with Crippen molar-refractivity contribution in [2.24, 2.45) is 0 Å². The van der Waals surface area contributed by atoms with Gasteiger partial charge in [0.05, 0.1) is 19.9 Å². The molecule has 21 heavy (non-hydrogen) atoms. The Kier molecular flexibility index (Phi) is 4.23. The number of nitrogens with one attached hydrogen (secondary N) is 1. The van der Waals surface area contributed by atoms with E-state index < -0.39 is 10.0 Å². The first-order chi connectivity index (χ1) is 9.97. The van der Waals surface area contributed by atoms with Crippen molar-refractivity contribution >= 4 is 15.7 Å². The summed E-state index contributed by atoms with van der Waals surface area (Å²) in [4.78, 5) is -0.195. The number of hydrogen-bond donors (Lipinski definition) is 2. The lowest BCUT2D eigenvalue weighted by molar-refractivity contribution is 0.355. The Morgan fingerprint density at radius 1 is 1.00 bits per heavy atom. The SMILES string of the molecule is COc1ccc(NS(=O)(=O)c2ccccc2O)cc1OC. The molecular formula is C14H15NO5S. The number of aromatic hydroxyl groups is 1. The summed E-state index contributed by atoms with van der Waals surface area (Å²) in [6.45, 7) is 0. The van der Waals surface area contributed by atoms with E-state index in [1.807, 2.05) is 0 Å². The van der Waals surface area contributed by atoms with Crippen molar-refractivity contribution in [2.45, 2.75) is 4.90 Å². The summed E-state index contributed by atoms with van der Waals surface area (Å²) in [5.41, 5.74) is 0.302. The Balaban J connectivity index is 2.35. The van der Waals surface area contributed by atoms with Gasteiger partial charge in [0.1, 0.15) is 10.6 Å². The largest absolute Gasteiger partial charge is 0.507 e. The van der Waals surface area contributed by atoms with Crippen LogP contribution in [-0.4, -0.2) is 27.7 Å². The topological polar surface area (TPSA) is 84.9 Å². The van der Waals surface area contributed by atoms with Gasteiger partial charge < -0.3 is 14.6 Å². The number of benzene rings is 2. The smallest absolute Gasteiger partial charge is 0.265 e. The minimum Gasteiger partial charge on any atom is -0.507 e. The molecule has 7 heteroatoms. The van der Waals surface area contributed by atoms with Crippen LogP contribution in [0.15, 0.2) is 47.4 Å². The Morgan fingerprint density at radius 2 is 1.67 bits per heavy atom. The van der Waals surface area contributed by atoms with Gasteiger partial charge in [-0.2, -0.15) is 0 Å². The van der Waals surface area contributed by atoms with Crippen LogP contribution in [0, 0.1) is 0 Å². The highest BCUT2D eigenvalue weighted by Crippen LogP contribution is 2.31. The van der Waals surface area contributed by atoms with Crippen LogP contribution in [0.2, 0.25) is 0 Å². The average molecular weight is 309 g/mol. The Bertz CT molecular complexity index is 743. The van der Waals surface area contributed by atoms with E-state index in [0.29, 0.717) is 17.2 Å². The summed E-state index contributed by atoms with van der Waals surface area (Å²) in [6.07, 6.45) is 0. The fourth-order valence-electron chi connectivity index (χ4n) is 1.79. The quantitative estimate of drug-likeness (QED) is 0.884. The summed E-state index contributed by atoms with van der Waals surface area (Å²) in [6, 6.07) is 10.3. The molecule has 0 atom stereocenters. The summed E-state index contributed by atoms with van der Waals surface area (Å²) in [5, 5.41) is 9.64. The number of sulfonamides is 1. The van der Waals surface area contributed by atoms with Gasteiger partial charge in [-0.25, -0.2) is 8.42 Å². The number of phenolic OH excluding ortho intramolecular Hbond substituents is 1. The fraction of sp³-hybridized carbons (Fsp3) is 0.143. The number of methoxy groups -OCH3 is 2. The van der Waals surface area contributed by atoms with E-state index in [2.05, 4.69) is 4.72 Å². The molecule has 0 bridgehead atoms. The predicted octanol–water partition coefficient (Wildman–Crippen LogP) is 2.21. The molecule has 0 unspecified atom stereocenters. The van der Waals surface area contributed by atoms with Crippen molar-refractivity contribution in [3.05, 3.63) is 42.5 Å². The van der Waals surface area contributed by atoms with Gasteiger partial charge in [-0.15, -0.1) is 0 Å². The van der Waals surface area contributed by atoms with Crippen molar-refractivity contribution in [2.75, 3.05) is 18.9 Å². The normalized spacial score (nSPS) is 11.0. The molecule has 0 heterocycles. The molecule has 2 rings (SSSR count). The highest BCUT2D eigenvalue weighted by atomic mass is 32.2. The molecule has 2 aromatic rings. The van der Waals surface area contributed by atoms with Gasteiger partial charge >= 0.3 is 0 Å².